The molecule has 0 N–H and O–H groups in total. The van der Waals surface area contributed by atoms with Gasteiger partial charge >= 0.3 is 6.18 Å². The average Bonchev–Trinajstić information content (AvgIpc) is 3.10. The largest absolute Gasteiger partial charge is 0.454 e. The Morgan fingerprint density at radius 2 is 1.86 bits per heavy atom. The van der Waals surface area contributed by atoms with E-state index in [1.165, 1.54) is 29.1 Å². The Labute approximate surface area is 166 Å². The van der Waals surface area contributed by atoms with Crippen LogP contribution in [0.15, 0.2) is 48.8 Å². The Morgan fingerprint density at radius 1 is 1.18 bits per heavy atom. The Balaban J connectivity index is 1.96. The van der Waals surface area contributed by atoms with Crippen LogP contribution in [-0.2, 0) is 12.7 Å². The summed E-state index contributed by atoms with van der Waals surface area (Å²) in [6, 6.07) is 6.95. The fourth-order valence-electron chi connectivity index (χ4n) is 2.44. The van der Waals surface area contributed by atoms with Crippen molar-refractivity contribution in [3.05, 3.63) is 80.1 Å². The molecule has 0 radical (unpaired) electrons. The third kappa shape index (κ3) is 4.37. The van der Waals surface area contributed by atoms with Gasteiger partial charge in [0.2, 0.25) is 0 Å². The number of hydrogen-bond acceptors (Lipinski definition) is 4. The van der Waals surface area contributed by atoms with Gasteiger partial charge in [0.1, 0.15) is 5.75 Å². The Bertz CT molecular complexity index is 1000. The van der Waals surface area contributed by atoms with Gasteiger partial charge in [-0.15, -0.1) is 0 Å². The van der Waals surface area contributed by atoms with Gasteiger partial charge in [0.05, 0.1) is 32.6 Å². The first-order valence-corrected chi connectivity index (χ1v) is 8.39. The minimum Gasteiger partial charge on any atom is -0.454 e. The maximum atomic E-state index is 12.8. The fourth-order valence-corrected chi connectivity index (χ4v) is 3.00. The molecule has 0 aliphatic rings. The standard InChI is InChI=1S/C17H10Cl2F3N3O3/c18-13-7-11(17(20,21)22)8-14(19)16(13)28-12-2-3-15(25(26)27)10(6-12)9-24-5-1-4-23-24/h1-8H,9H2. The van der Waals surface area contributed by atoms with Crippen molar-refractivity contribution in [2.24, 2.45) is 0 Å². The number of nitro benzene ring substituents is 1. The number of nitro groups is 1. The molecule has 3 rings (SSSR count). The first kappa shape index (κ1) is 20.0. The quantitative estimate of drug-likeness (QED) is 0.369. The molecule has 28 heavy (non-hydrogen) atoms. The van der Waals surface area contributed by atoms with Gasteiger partial charge in [-0.25, -0.2) is 0 Å². The van der Waals surface area contributed by atoms with Crippen LogP contribution in [0.25, 0.3) is 0 Å². The van der Waals surface area contributed by atoms with E-state index in [2.05, 4.69) is 5.10 Å². The highest BCUT2D eigenvalue weighted by molar-refractivity contribution is 6.37. The van der Waals surface area contributed by atoms with Crippen LogP contribution in [0.3, 0.4) is 0 Å². The third-order valence-corrected chi connectivity index (χ3v) is 4.25. The van der Waals surface area contributed by atoms with Crippen molar-refractivity contribution >= 4 is 28.9 Å². The van der Waals surface area contributed by atoms with E-state index >= 15 is 0 Å². The van der Waals surface area contributed by atoms with Crippen molar-refractivity contribution in [2.75, 3.05) is 0 Å². The van der Waals surface area contributed by atoms with Crippen LogP contribution in [-0.4, -0.2) is 14.7 Å². The van der Waals surface area contributed by atoms with Crippen LogP contribution in [0.4, 0.5) is 18.9 Å². The molecule has 0 unspecified atom stereocenters. The Hall–Kier alpha value is -2.78. The second kappa shape index (κ2) is 7.69. The molecule has 0 fully saturated rings. The van der Waals surface area contributed by atoms with Gasteiger partial charge in [-0.3, -0.25) is 14.8 Å². The van der Waals surface area contributed by atoms with E-state index in [1.807, 2.05) is 0 Å². The number of aromatic nitrogens is 2. The smallest absolute Gasteiger partial charge is 0.416 e. The zero-order valence-corrected chi connectivity index (χ0v) is 15.3. The average molecular weight is 432 g/mol. The van der Waals surface area contributed by atoms with E-state index < -0.39 is 16.7 Å². The second-order valence-corrected chi connectivity index (χ2v) is 6.43. The molecule has 0 bridgehead atoms. The van der Waals surface area contributed by atoms with Crippen LogP contribution in [0, 0.1) is 10.1 Å². The van der Waals surface area contributed by atoms with Gasteiger partial charge in [-0.1, -0.05) is 23.2 Å². The van der Waals surface area contributed by atoms with E-state index in [9.17, 15) is 23.3 Å². The number of benzene rings is 2. The van der Waals surface area contributed by atoms with Gasteiger partial charge in [-0.05, 0) is 30.3 Å². The van der Waals surface area contributed by atoms with Crippen molar-refractivity contribution in [1.82, 2.24) is 9.78 Å². The molecule has 0 saturated carbocycles. The zero-order chi connectivity index (χ0) is 20.5. The first-order chi connectivity index (χ1) is 13.1. The highest BCUT2D eigenvalue weighted by atomic mass is 35.5. The number of rotatable bonds is 5. The van der Waals surface area contributed by atoms with Crippen molar-refractivity contribution < 1.29 is 22.8 Å². The van der Waals surface area contributed by atoms with E-state index in [0.29, 0.717) is 12.1 Å². The van der Waals surface area contributed by atoms with Gasteiger partial charge in [0, 0.05) is 18.5 Å². The summed E-state index contributed by atoms with van der Waals surface area (Å²) in [5.74, 6) is -0.0634. The summed E-state index contributed by atoms with van der Waals surface area (Å²) in [4.78, 5) is 10.7. The van der Waals surface area contributed by atoms with Crippen LogP contribution in [0.5, 0.6) is 11.5 Å². The van der Waals surface area contributed by atoms with Crippen LogP contribution < -0.4 is 4.74 Å². The molecular weight excluding hydrogens is 422 g/mol. The molecule has 0 amide bonds. The first-order valence-electron chi connectivity index (χ1n) is 7.64. The summed E-state index contributed by atoms with van der Waals surface area (Å²) in [6.07, 6.45) is -1.47. The topological polar surface area (TPSA) is 70.2 Å². The molecule has 0 aliphatic carbocycles. The molecule has 0 atom stereocenters. The summed E-state index contributed by atoms with van der Waals surface area (Å²) in [5.41, 5.74) is -0.893. The monoisotopic (exact) mass is 431 g/mol. The molecule has 1 aromatic heterocycles. The van der Waals surface area contributed by atoms with Crippen LogP contribution in [0.2, 0.25) is 10.0 Å². The molecule has 0 spiro atoms. The summed E-state index contributed by atoms with van der Waals surface area (Å²) < 4.78 is 45.5. The predicted molar refractivity (Wildman–Crippen MR) is 96.0 cm³/mol. The summed E-state index contributed by atoms with van der Waals surface area (Å²) >= 11 is 11.8. The van der Waals surface area contributed by atoms with Crippen molar-refractivity contribution in [3.63, 3.8) is 0 Å². The number of nitrogens with zero attached hydrogens (tertiary/aromatic N) is 3. The highest BCUT2D eigenvalue weighted by Crippen LogP contribution is 2.42. The molecule has 2 aromatic carbocycles. The normalized spacial score (nSPS) is 11.5. The maximum Gasteiger partial charge on any atom is 0.416 e. The molecule has 0 saturated heterocycles. The number of ether oxygens (including phenoxy) is 1. The lowest BCUT2D eigenvalue weighted by Crippen LogP contribution is -2.05. The molecule has 0 aliphatic heterocycles. The summed E-state index contributed by atoms with van der Waals surface area (Å²) in [6.45, 7) is 0.0923. The Morgan fingerprint density at radius 3 is 2.39 bits per heavy atom. The highest BCUT2D eigenvalue weighted by Gasteiger charge is 2.32. The van der Waals surface area contributed by atoms with Gasteiger partial charge in [0.15, 0.2) is 5.75 Å². The lowest BCUT2D eigenvalue weighted by molar-refractivity contribution is -0.385. The maximum absolute atomic E-state index is 12.8. The molecule has 1 heterocycles. The van der Waals surface area contributed by atoms with Crippen molar-refractivity contribution in [3.8, 4) is 11.5 Å². The van der Waals surface area contributed by atoms with Crippen molar-refractivity contribution in [1.29, 1.82) is 0 Å². The lowest BCUT2D eigenvalue weighted by atomic mass is 10.1. The number of alkyl halides is 3. The lowest BCUT2D eigenvalue weighted by Gasteiger charge is -2.14. The molecular formula is C17H10Cl2F3N3O3. The van der Waals surface area contributed by atoms with Crippen molar-refractivity contribution in [2.45, 2.75) is 12.7 Å². The van der Waals surface area contributed by atoms with Gasteiger partial charge in [-0.2, -0.15) is 18.3 Å². The molecule has 3 aromatic rings. The van der Waals surface area contributed by atoms with Gasteiger partial charge < -0.3 is 4.74 Å². The van der Waals surface area contributed by atoms with E-state index in [-0.39, 0.29) is 39.3 Å². The summed E-state index contributed by atoms with van der Waals surface area (Å²) in [7, 11) is 0. The minimum atomic E-state index is -4.61. The fraction of sp³-hybridized carbons (Fsp3) is 0.118. The second-order valence-electron chi connectivity index (χ2n) is 5.62. The SMILES string of the molecule is O=[N+]([O-])c1ccc(Oc2c(Cl)cc(C(F)(F)F)cc2Cl)cc1Cn1cccn1. The molecule has 146 valence electrons. The van der Waals surface area contributed by atoms with E-state index in [4.69, 9.17) is 27.9 Å². The molecule has 6 nitrogen and oxygen atoms in total. The Kier molecular flexibility index (Phi) is 5.48. The van der Waals surface area contributed by atoms with Gasteiger partial charge in [0.25, 0.3) is 5.69 Å². The zero-order valence-electron chi connectivity index (χ0n) is 13.8. The van der Waals surface area contributed by atoms with Crippen LogP contribution >= 0.6 is 23.2 Å². The third-order valence-electron chi connectivity index (χ3n) is 3.68. The van der Waals surface area contributed by atoms with Crippen LogP contribution in [0.1, 0.15) is 11.1 Å². The van der Waals surface area contributed by atoms with E-state index in [1.54, 1.807) is 12.3 Å². The number of hydrogen-bond donors (Lipinski definition) is 0. The summed E-state index contributed by atoms with van der Waals surface area (Å²) in [5, 5.41) is 14.6. The van der Waals surface area contributed by atoms with E-state index in [0.717, 1.165) is 0 Å². The number of halogens is 5. The minimum absolute atomic E-state index is 0.0923. The predicted octanol–water partition coefficient (Wildman–Crippen LogP) is 5.96. The molecule has 11 heteroatoms.